The molecule has 0 bridgehead atoms. The smallest absolute Gasteiger partial charge is 0.277 e. The Morgan fingerprint density at radius 2 is 1.90 bits per heavy atom. The highest BCUT2D eigenvalue weighted by molar-refractivity contribution is 7.99. The maximum atomic E-state index is 12.5. The van der Waals surface area contributed by atoms with Gasteiger partial charge >= 0.3 is 0 Å². The van der Waals surface area contributed by atoms with E-state index in [4.69, 9.17) is 4.42 Å². The molecule has 0 aliphatic carbocycles. The molecule has 0 saturated carbocycles. The van der Waals surface area contributed by atoms with E-state index < -0.39 is 9.84 Å². The van der Waals surface area contributed by atoms with Gasteiger partial charge in [0.05, 0.1) is 17.3 Å². The third-order valence-corrected chi connectivity index (χ3v) is 8.17. The molecule has 0 radical (unpaired) electrons. The number of piperazine rings is 1. The van der Waals surface area contributed by atoms with Gasteiger partial charge in [-0.2, -0.15) is 0 Å². The lowest BCUT2D eigenvalue weighted by molar-refractivity contribution is -0.130. The highest BCUT2D eigenvalue weighted by atomic mass is 32.2. The standard InChI is InChI=1S/C20H26N4O4S2/c25-19(24-9-7-23(8-10-24)13-16-4-2-1-3-5-16)14-29-20-22-21-18(28-20)12-17-6-11-30(26,27)15-17/h1-5,17H,6-15H2/t17-/m0/s1. The molecule has 0 spiro atoms. The van der Waals surface area contributed by atoms with E-state index in [0.29, 0.717) is 24.0 Å². The maximum absolute atomic E-state index is 12.5. The number of thioether (sulfide) groups is 1. The molecule has 3 heterocycles. The second-order valence-electron chi connectivity index (χ2n) is 7.87. The fourth-order valence-corrected chi connectivity index (χ4v) is 6.42. The van der Waals surface area contributed by atoms with Crippen LogP contribution in [-0.2, 0) is 27.6 Å². The summed E-state index contributed by atoms with van der Waals surface area (Å²) in [5.74, 6) is 1.25. The predicted molar refractivity (Wildman–Crippen MR) is 114 cm³/mol. The second kappa shape index (κ2) is 9.49. The molecule has 0 N–H and O–H groups in total. The second-order valence-corrected chi connectivity index (χ2v) is 11.0. The summed E-state index contributed by atoms with van der Waals surface area (Å²) in [6.45, 7) is 4.07. The molecular formula is C20H26N4O4S2. The van der Waals surface area contributed by atoms with E-state index in [0.717, 1.165) is 32.7 Å². The van der Waals surface area contributed by atoms with E-state index in [2.05, 4.69) is 27.2 Å². The average molecular weight is 451 g/mol. The first kappa shape index (κ1) is 21.3. The third kappa shape index (κ3) is 5.83. The van der Waals surface area contributed by atoms with Gasteiger partial charge in [0.15, 0.2) is 9.84 Å². The zero-order valence-corrected chi connectivity index (χ0v) is 18.4. The number of benzene rings is 1. The van der Waals surface area contributed by atoms with Crippen LogP contribution in [0.5, 0.6) is 0 Å². The molecule has 30 heavy (non-hydrogen) atoms. The summed E-state index contributed by atoms with van der Waals surface area (Å²) in [5, 5.41) is 8.36. The first-order chi connectivity index (χ1) is 14.5. The van der Waals surface area contributed by atoms with E-state index in [1.165, 1.54) is 17.3 Å². The number of hydrogen-bond acceptors (Lipinski definition) is 8. The van der Waals surface area contributed by atoms with Gasteiger partial charge in [-0.25, -0.2) is 8.42 Å². The van der Waals surface area contributed by atoms with Crippen LogP contribution in [0.15, 0.2) is 40.0 Å². The molecule has 0 unspecified atom stereocenters. The van der Waals surface area contributed by atoms with E-state index >= 15 is 0 Å². The van der Waals surface area contributed by atoms with Crippen molar-refractivity contribution in [2.45, 2.75) is 24.6 Å². The van der Waals surface area contributed by atoms with Gasteiger partial charge in [0.25, 0.3) is 5.22 Å². The molecule has 1 aromatic carbocycles. The number of hydrogen-bond donors (Lipinski definition) is 0. The number of aromatic nitrogens is 2. The summed E-state index contributed by atoms with van der Waals surface area (Å²) in [6.07, 6.45) is 1.12. The van der Waals surface area contributed by atoms with Crippen LogP contribution in [-0.4, -0.2) is 77.8 Å². The van der Waals surface area contributed by atoms with Gasteiger partial charge in [-0.05, 0) is 17.9 Å². The molecule has 162 valence electrons. The van der Waals surface area contributed by atoms with Gasteiger partial charge in [0.1, 0.15) is 0 Å². The van der Waals surface area contributed by atoms with Crippen molar-refractivity contribution in [3.63, 3.8) is 0 Å². The fraction of sp³-hybridized carbons (Fsp3) is 0.550. The van der Waals surface area contributed by atoms with Crippen LogP contribution in [0.4, 0.5) is 0 Å². The summed E-state index contributed by atoms with van der Waals surface area (Å²) in [4.78, 5) is 16.8. The van der Waals surface area contributed by atoms with Crippen LogP contribution in [0.25, 0.3) is 0 Å². The summed E-state index contributed by atoms with van der Waals surface area (Å²) >= 11 is 1.24. The topological polar surface area (TPSA) is 96.6 Å². The van der Waals surface area contributed by atoms with Gasteiger partial charge in [0, 0.05) is 39.1 Å². The third-order valence-electron chi connectivity index (χ3n) is 5.53. The molecule has 2 aliphatic rings. The molecule has 2 fully saturated rings. The predicted octanol–water partition coefficient (Wildman–Crippen LogP) is 1.48. The number of carbonyl (C=O) groups is 1. The Morgan fingerprint density at radius 1 is 1.13 bits per heavy atom. The number of amides is 1. The summed E-state index contributed by atoms with van der Waals surface area (Å²) in [6, 6.07) is 10.4. The van der Waals surface area contributed by atoms with Gasteiger partial charge < -0.3 is 9.32 Å². The Kier molecular flexibility index (Phi) is 6.74. The van der Waals surface area contributed by atoms with E-state index in [1.54, 1.807) is 0 Å². The van der Waals surface area contributed by atoms with E-state index in [-0.39, 0.29) is 29.1 Å². The van der Waals surface area contributed by atoms with Crippen molar-refractivity contribution < 1.29 is 17.6 Å². The molecule has 1 aromatic heterocycles. The van der Waals surface area contributed by atoms with Gasteiger partial charge in [-0.15, -0.1) is 10.2 Å². The highest BCUT2D eigenvalue weighted by Crippen LogP contribution is 2.24. The first-order valence-electron chi connectivity index (χ1n) is 10.2. The minimum absolute atomic E-state index is 0.0436. The van der Waals surface area contributed by atoms with Crippen LogP contribution in [0.3, 0.4) is 0 Å². The Hall–Kier alpha value is -1.91. The number of sulfone groups is 1. The van der Waals surface area contributed by atoms with Crippen molar-refractivity contribution >= 4 is 27.5 Å². The van der Waals surface area contributed by atoms with Crippen LogP contribution < -0.4 is 0 Å². The molecule has 2 aliphatic heterocycles. The maximum Gasteiger partial charge on any atom is 0.277 e. The lowest BCUT2D eigenvalue weighted by Gasteiger charge is -2.34. The average Bonchev–Trinajstić information content (AvgIpc) is 3.33. The van der Waals surface area contributed by atoms with Gasteiger partial charge in [-0.3, -0.25) is 9.69 Å². The minimum Gasteiger partial charge on any atom is -0.416 e. The molecule has 2 aromatic rings. The van der Waals surface area contributed by atoms with Crippen LogP contribution in [0.2, 0.25) is 0 Å². The number of carbonyl (C=O) groups excluding carboxylic acids is 1. The largest absolute Gasteiger partial charge is 0.416 e. The quantitative estimate of drug-likeness (QED) is 0.586. The normalized spacial score (nSPS) is 21.7. The Balaban J connectivity index is 1.19. The first-order valence-corrected chi connectivity index (χ1v) is 13.0. The van der Waals surface area contributed by atoms with Crippen molar-refractivity contribution in [1.82, 2.24) is 20.0 Å². The number of nitrogens with zero attached hydrogens (tertiary/aromatic N) is 4. The van der Waals surface area contributed by atoms with Crippen LogP contribution in [0, 0.1) is 5.92 Å². The van der Waals surface area contributed by atoms with Crippen molar-refractivity contribution in [1.29, 1.82) is 0 Å². The molecule has 1 atom stereocenters. The van der Waals surface area contributed by atoms with Crippen molar-refractivity contribution in [2.75, 3.05) is 43.4 Å². The molecule has 8 nitrogen and oxygen atoms in total. The van der Waals surface area contributed by atoms with Crippen molar-refractivity contribution in [2.24, 2.45) is 5.92 Å². The Bertz CT molecular complexity index is 956. The number of rotatable bonds is 7. The zero-order chi connectivity index (χ0) is 21.0. The molecule has 2 saturated heterocycles. The summed E-state index contributed by atoms with van der Waals surface area (Å²) < 4.78 is 28.7. The SMILES string of the molecule is O=C(CSc1nnc(C[C@@H]2CCS(=O)(=O)C2)o1)N1CCN(Cc2ccccc2)CC1. The minimum atomic E-state index is -2.91. The van der Waals surface area contributed by atoms with Crippen LogP contribution >= 0.6 is 11.8 Å². The fourth-order valence-electron chi connectivity index (χ4n) is 3.87. The highest BCUT2D eigenvalue weighted by Gasteiger charge is 2.29. The Morgan fingerprint density at radius 3 is 2.60 bits per heavy atom. The summed E-state index contributed by atoms with van der Waals surface area (Å²) in [5.41, 5.74) is 1.29. The molecule has 4 rings (SSSR count). The zero-order valence-electron chi connectivity index (χ0n) is 16.8. The van der Waals surface area contributed by atoms with E-state index in [9.17, 15) is 13.2 Å². The lowest BCUT2D eigenvalue weighted by Crippen LogP contribution is -2.48. The molecule has 1 amide bonds. The van der Waals surface area contributed by atoms with Crippen LogP contribution in [0.1, 0.15) is 17.9 Å². The monoisotopic (exact) mass is 450 g/mol. The van der Waals surface area contributed by atoms with Crippen molar-refractivity contribution in [3.05, 3.63) is 41.8 Å². The lowest BCUT2D eigenvalue weighted by atomic mass is 10.1. The van der Waals surface area contributed by atoms with Gasteiger partial charge in [-0.1, -0.05) is 42.1 Å². The Labute approximate surface area is 180 Å². The van der Waals surface area contributed by atoms with Crippen molar-refractivity contribution in [3.8, 4) is 0 Å². The molecule has 10 heteroatoms. The molecular weight excluding hydrogens is 424 g/mol. The summed E-state index contributed by atoms with van der Waals surface area (Å²) in [7, 11) is -2.91. The van der Waals surface area contributed by atoms with Gasteiger partial charge in [0.2, 0.25) is 11.8 Å². The van der Waals surface area contributed by atoms with E-state index in [1.807, 2.05) is 23.1 Å².